The Kier molecular flexibility index (Phi) is 6.12. The monoisotopic (exact) mass is 337 g/mol. The van der Waals surface area contributed by atoms with E-state index in [0.717, 1.165) is 11.8 Å². The van der Waals surface area contributed by atoms with Gasteiger partial charge in [0, 0.05) is 4.90 Å². The number of rotatable bonds is 6. The molecule has 0 spiro atoms. The summed E-state index contributed by atoms with van der Waals surface area (Å²) in [5.74, 6) is -1.03. The number of aliphatic hydroxyl groups excluding tert-OH is 1. The first-order chi connectivity index (χ1) is 11.0. The molecule has 2 aromatic carbocycles. The van der Waals surface area contributed by atoms with Gasteiger partial charge in [-0.25, -0.2) is 8.78 Å². The molecule has 0 aliphatic rings. The van der Waals surface area contributed by atoms with Gasteiger partial charge in [-0.1, -0.05) is 24.3 Å². The fraction of sp³-hybridized carbons (Fsp3) is 0.235. The summed E-state index contributed by atoms with van der Waals surface area (Å²) in [4.78, 5) is 12.3. The van der Waals surface area contributed by atoms with E-state index in [1.165, 1.54) is 30.3 Å². The lowest BCUT2D eigenvalue weighted by Crippen LogP contribution is -2.38. The molecule has 1 amide bonds. The fourth-order valence-corrected chi connectivity index (χ4v) is 2.78. The minimum absolute atomic E-state index is 0.0431. The highest BCUT2D eigenvalue weighted by atomic mass is 32.2. The van der Waals surface area contributed by atoms with E-state index < -0.39 is 12.1 Å². The van der Waals surface area contributed by atoms with Gasteiger partial charge in [0.1, 0.15) is 11.6 Å². The van der Waals surface area contributed by atoms with Crippen molar-refractivity contribution in [3.63, 3.8) is 0 Å². The summed E-state index contributed by atoms with van der Waals surface area (Å²) in [6, 6.07) is 11.1. The summed E-state index contributed by atoms with van der Waals surface area (Å²) in [6.07, 6.45) is -0.946. The Morgan fingerprint density at radius 3 is 2.48 bits per heavy atom. The number of benzene rings is 2. The van der Waals surface area contributed by atoms with E-state index in [4.69, 9.17) is 0 Å². The van der Waals surface area contributed by atoms with Gasteiger partial charge in [-0.3, -0.25) is 4.79 Å². The van der Waals surface area contributed by atoms with Crippen molar-refractivity contribution in [1.29, 1.82) is 0 Å². The van der Waals surface area contributed by atoms with Crippen molar-refractivity contribution in [3.05, 3.63) is 65.7 Å². The quantitative estimate of drug-likeness (QED) is 0.795. The van der Waals surface area contributed by atoms with Crippen molar-refractivity contribution in [2.45, 2.75) is 24.0 Å². The van der Waals surface area contributed by atoms with Gasteiger partial charge in [-0.05, 0) is 36.8 Å². The van der Waals surface area contributed by atoms with Crippen LogP contribution in [-0.4, -0.2) is 22.8 Å². The number of carbonyl (C=O) groups is 1. The number of amides is 1. The Balaban J connectivity index is 1.87. The van der Waals surface area contributed by atoms with Crippen LogP contribution in [0.1, 0.15) is 18.6 Å². The highest BCUT2D eigenvalue weighted by Crippen LogP contribution is 2.21. The lowest BCUT2D eigenvalue weighted by atomic mass is 10.0. The van der Waals surface area contributed by atoms with Crippen LogP contribution in [-0.2, 0) is 4.79 Å². The van der Waals surface area contributed by atoms with Crippen LogP contribution in [0.3, 0.4) is 0 Å². The maximum absolute atomic E-state index is 13.5. The standard InChI is InChI=1S/C17H17F2NO2S/c1-11(17(22)12-6-8-13(18)9-7-12)20-16(21)10-23-15-5-3-2-4-14(15)19/h2-9,11,17,22H,10H2,1H3,(H,20,21). The van der Waals surface area contributed by atoms with Crippen molar-refractivity contribution >= 4 is 17.7 Å². The summed E-state index contributed by atoms with van der Waals surface area (Å²) < 4.78 is 26.3. The van der Waals surface area contributed by atoms with E-state index in [2.05, 4.69) is 5.32 Å². The third-order valence-corrected chi connectivity index (χ3v) is 4.32. The summed E-state index contributed by atoms with van der Waals surface area (Å²) in [7, 11) is 0. The van der Waals surface area contributed by atoms with Gasteiger partial charge in [0.25, 0.3) is 0 Å². The second-order valence-electron chi connectivity index (χ2n) is 5.07. The summed E-state index contributed by atoms with van der Waals surface area (Å²) >= 11 is 1.09. The summed E-state index contributed by atoms with van der Waals surface area (Å²) in [5, 5.41) is 12.8. The fourth-order valence-electron chi connectivity index (χ4n) is 2.03. The highest BCUT2D eigenvalue weighted by molar-refractivity contribution is 8.00. The molecule has 23 heavy (non-hydrogen) atoms. The predicted molar refractivity (Wildman–Crippen MR) is 86.1 cm³/mol. The molecule has 3 nitrogen and oxygen atoms in total. The molecule has 0 saturated carbocycles. The van der Waals surface area contributed by atoms with E-state index >= 15 is 0 Å². The normalized spacial score (nSPS) is 13.4. The topological polar surface area (TPSA) is 49.3 Å². The van der Waals surface area contributed by atoms with Crippen LogP contribution >= 0.6 is 11.8 Å². The molecule has 0 aromatic heterocycles. The molecule has 2 unspecified atom stereocenters. The van der Waals surface area contributed by atoms with Gasteiger partial charge < -0.3 is 10.4 Å². The number of carbonyl (C=O) groups excluding carboxylic acids is 1. The number of aliphatic hydroxyl groups is 1. The first-order valence-corrected chi connectivity index (χ1v) is 8.06. The van der Waals surface area contributed by atoms with Crippen LogP contribution in [0.4, 0.5) is 8.78 Å². The smallest absolute Gasteiger partial charge is 0.230 e. The third-order valence-electron chi connectivity index (χ3n) is 3.27. The molecule has 0 heterocycles. The molecule has 0 bridgehead atoms. The average Bonchev–Trinajstić information content (AvgIpc) is 2.54. The van der Waals surface area contributed by atoms with Gasteiger partial charge in [-0.15, -0.1) is 11.8 Å². The van der Waals surface area contributed by atoms with Crippen molar-refractivity contribution < 1.29 is 18.7 Å². The van der Waals surface area contributed by atoms with Crippen LogP contribution in [0.2, 0.25) is 0 Å². The van der Waals surface area contributed by atoms with Crippen LogP contribution in [0.25, 0.3) is 0 Å². The van der Waals surface area contributed by atoms with Crippen LogP contribution in [0.5, 0.6) is 0 Å². The molecular formula is C17H17F2NO2S. The molecule has 2 rings (SSSR count). The Bertz CT molecular complexity index is 664. The van der Waals surface area contributed by atoms with E-state index in [0.29, 0.717) is 10.5 Å². The minimum Gasteiger partial charge on any atom is -0.386 e. The molecule has 122 valence electrons. The maximum atomic E-state index is 13.5. The Labute approximate surface area is 137 Å². The van der Waals surface area contributed by atoms with Gasteiger partial charge in [0.05, 0.1) is 17.9 Å². The number of thioether (sulfide) groups is 1. The Hall–Kier alpha value is -1.92. The largest absolute Gasteiger partial charge is 0.386 e. The average molecular weight is 337 g/mol. The second kappa shape index (κ2) is 8.08. The lowest BCUT2D eigenvalue weighted by molar-refractivity contribution is -0.119. The van der Waals surface area contributed by atoms with Gasteiger partial charge >= 0.3 is 0 Å². The molecule has 6 heteroatoms. The van der Waals surface area contributed by atoms with Gasteiger partial charge in [0.15, 0.2) is 0 Å². The lowest BCUT2D eigenvalue weighted by Gasteiger charge is -2.20. The number of halogens is 2. The number of hydrogen-bond acceptors (Lipinski definition) is 3. The Morgan fingerprint density at radius 2 is 1.83 bits per heavy atom. The molecule has 2 aromatic rings. The van der Waals surface area contributed by atoms with Crippen LogP contribution in [0, 0.1) is 11.6 Å². The zero-order valence-corrected chi connectivity index (χ0v) is 13.3. The van der Waals surface area contributed by atoms with Crippen molar-refractivity contribution in [3.8, 4) is 0 Å². The zero-order chi connectivity index (χ0) is 16.8. The SMILES string of the molecule is CC(NC(=O)CSc1ccccc1F)C(O)c1ccc(F)cc1. The van der Waals surface area contributed by atoms with Crippen LogP contribution < -0.4 is 5.32 Å². The number of nitrogens with one attached hydrogen (secondary N) is 1. The predicted octanol–water partition coefficient (Wildman–Crippen LogP) is 3.30. The molecular weight excluding hydrogens is 320 g/mol. The molecule has 0 aliphatic heterocycles. The van der Waals surface area contributed by atoms with Crippen molar-refractivity contribution in [2.75, 3.05) is 5.75 Å². The molecule has 0 radical (unpaired) electrons. The molecule has 0 fully saturated rings. The van der Waals surface area contributed by atoms with Gasteiger partial charge in [0.2, 0.25) is 5.91 Å². The van der Waals surface area contributed by atoms with E-state index in [1.54, 1.807) is 25.1 Å². The van der Waals surface area contributed by atoms with Crippen molar-refractivity contribution in [2.24, 2.45) is 0 Å². The zero-order valence-electron chi connectivity index (χ0n) is 12.5. The molecule has 0 saturated heterocycles. The van der Waals surface area contributed by atoms with Gasteiger partial charge in [-0.2, -0.15) is 0 Å². The van der Waals surface area contributed by atoms with Crippen LogP contribution in [0.15, 0.2) is 53.4 Å². The van der Waals surface area contributed by atoms with E-state index in [-0.39, 0.29) is 23.3 Å². The first kappa shape index (κ1) is 17.4. The Morgan fingerprint density at radius 1 is 1.17 bits per heavy atom. The van der Waals surface area contributed by atoms with Crippen molar-refractivity contribution in [1.82, 2.24) is 5.32 Å². The molecule has 2 N–H and O–H groups in total. The molecule has 2 atom stereocenters. The highest BCUT2D eigenvalue weighted by Gasteiger charge is 2.18. The molecule has 0 aliphatic carbocycles. The van der Waals surface area contributed by atoms with E-state index in [9.17, 15) is 18.7 Å². The summed E-state index contributed by atoms with van der Waals surface area (Å²) in [5.41, 5.74) is 0.515. The first-order valence-electron chi connectivity index (χ1n) is 7.07. The third kappa shape index (κ3) is 5.04. The summed E-state index contributed by atoms with van der Waals surface area (Å²) in [6.45, 7) is 1.65. The van der Waals surface area contributed by atoms with E-state index in [1.807, 2.05) is 0 Å². The second-order valence-corrected chi connectivity index (χ2v) is 6.09. The maximum Gasteiger partial charge on any atom is 0.230 e. The number of hydrogen-bond donors (Lipinski definition) is 2. The minimum atomic E-state index is -0.946.